The molecule has 25 heavy (non-hydrogen) atoms. The Morgan fingerprint density at radius 2 is 1.96 bits per heavy atom. The van der Waals surface area contributed by atoms with Gasteiger partial charge in [0.15, 0.2) is 5.60 Å². The van der Waals surface area contributed by atoms with E-state index in [-0.39, 0.29) is 12.3 Å². The van der Waals surface area contributed by atoms with Crippen molar-refractivity contribution in [2.75, 3.05) is 19.5 Å². The maximum Gasteiger partial charge on any atom is 0.341 e. The fourth-order valence-electron chi connectivity index (χ4n) is 5.07. The third-order valence-corrected chi connectivity index (χ3v) is 7.60. The standard InChI is InChI=1S/C17H23BrO7/c1-14(8-18)9-5-6-15(2)16(25-14,11(9)12(20)23-3)7-10(19)17(15,22)13(21)24-4/h5-6,9-11,19,22H,7-8H2,1-4H3/t9-,10-,11-,14-,15-,16-,17+/m1/s1. The predicted octanol–water partition coefficient (Wildman–Crippen LogP) is 0.559. The van der Waals surface area contributed by atoms with E-state index in [9.17, 15) is 19.8 Å². The van der Waals surface area contributed by atoms with Gasteiger partial charge in [0, 0.05) is 17.7 Å². The highest BCUT2D eigenvalue weighted by atomic mass is 79.9. The lowest BCUT2D eigenvalue weighted by atomic mass is 9.58. The normalized spacial score (nSPS) is 50.4. The summed E-state index contributed by atoms with van der Waals surface area (Å²) in [6.45, 7) is 3.47. The maximum atomic E-state index is 12.6. The molecule has 1 saturated carbocycles. The SMILES string of the molecule is COC(=O)[C@H]1[C@H]2C=C[C@@]3(C)[C@@](O)(C(=O)OC)[C@H](O)C[C@@]13O[C@]2(C)CBr. The largest absolute Gasteiger partial charge is 0.469 e. The number of aliphatic hydroxyl groups excluding tert-OH is 1. The number of alkyl halides is 1. The minimum Gasteiger partial charge on any atom is -0.469 e. The molecule has 8 heteroatoms. The van der Waals surface area contributed by atoms with Gasteiger partial charge in [-0.15, -0.1) is 0 Å². The summed E-state index contributed by atoms with van der Waals surface area (Å²) in [5, 5.41) is 22.3. The minimum atomic E-state index is -2.23. The molecule has 1 aliphatic heterocycles. The molecule has 0 aromatic carbocycles. The number of hydrogen-bond acceptors (Lipinski definition) is 7. The van der Waals surface area contributed by atoms with Crippen molar-refractivity contribution in [3.63, 3.8) is 0 Å². The van der Waals surface area contributed by atoms with Crippen molar-refractivity contribution in [3.8, 4) is 0 Å². The zero-order valence-corrected chi connectivity index (χ0v) is 16.2. The molecule has 3 aliphatic rings. The second-order valence-electron chi connectivity index (χ2n) is 7.50. The summed E-state index contributed by atoms with van der Waals surface area (Å²) < 4.78 is 16.2. The second kappa shape index (κ2) is 5.52. The molecular weight excluding hydrogens is 396 g/mol. The number of halogens is 1. The summed E-state index contributed by atoms with van der Waals surface area (Å²) in [7, 11) is 2.43. The van der Waals surface area contributed by atoms with E-state index in [1.54, 1.807) is 19.1 Å². The molecule has 1 saturated heterocycles. The molecule has 0 radical (unpaired) electrons. The minimum absolute atomic E-state index is 0.0850. The van der Waals surface area contributed by atoms with Crippen LogP contribution in [0.5, 0.6) is 0 Å². The highest BCUT2D eigenvalue weighted by molar-refractivity contribution is 9.09. The predicted molar refractivity (Wildman–Crippen MR) is 89.8 cm³/mol. The molecule has 3 rings (SSSR count). The fraction of sp³-hybridized carbons (Fsp3) is 0.765. The quantitative estimate of drug-likeness (QED) is 0.392. The lowest BCUT2D eigenvalue weighted by molar-refractivity contribution is -0.204. The van der Waals surface area contributed by atoms with Gasteiger partial charge in [0.05, 0.1) is 42.9 Å². The Labute approximate surface area is 154 Å². The molecule has 0 aromatic heterocycles. The van der Waals surface area contributed by atoms with Crippen molar-refractivity contribution in [1.82, 2.24) is 0 Å². The number of fused-ring (bicyclic) bond motifs is 1. The average Bonchev–Trinajstić information content (AvgIpc) is 2.91. The van der Waals surface area contributed by atoms with Crippen LogP contribution < -0.4 is 0 Å². The first-order valence-electron chi connectivity index (χ1n) is 8.10. The second-order valence-corrected chi connectivity index (χ2v) is 8.06. The molecule has 2 N–H and O–H groups in total. The fourth-order valence-corrected chi connectivity index (χ4v) is 5.55. The molecule has 140 valence electrons. The molecule has 2 bridgehead atoms. The van der Waals surface area contributed by atoms with Gasteiger partial charge in [0.1, 0.15) is 0 Å². The van der Waals surface area contributed by atoms with Crippen LogP contribution in [-0.2, 0) is 23.8 Å². The number of hydrogen-bond donors (Lipinski definition) is 2. The molecule has 7 atom stereocenters. The van der Waals surface area contributed by atoms with E-state index in [4.69, 9.17) is 14.2 Å². The zero-order valence-electron chi connectivity index (χ0n) is 14.6. The average molecular weight is 419 g/mol. The lowest BCUT2D eigenvalue weighted by Crippen LogP contribution is -2.63. The number of methoxy groups -OCH3 is 2. The Kier molecular flexibility index (Phi) is 4.15. The number of rotatable bonds is 3. The summed E-state index contributed by atoms with van der Waals surface area (Å²) in [5.74, 6) is -2.53. The van der Waals surface area contributed by atoms with Crippen molar-refractivity contribution in [2.24, 2.45) is 17.3 Å². The van der Waals surface area contributed by atoms with Gasteiger partial charge in [0.25, 0.3) is 0 Å². The molecule has 0 aromatic rings. The summed E-state index contributed by atoms with van der Waals surface area (Å²) in [6.07, 6.45) is 1.93. The Morgan fingerprint density at radius 3 is 2.48 bits per heavy atom. The van der Waals surface area contributed by atoms with Crippen molar-refractivity contribution in [3.05, 3.63) is 12.2 Å². The molecule has 2 fully saturated rings. The van der Waals surface area contributed by atoms with Crippen molar-refractivity contribution in [1.29, 1.82) is 0 Å². The number of esters is 2. The van der Waals surface area contributed by atoms with Gasteiger partial charge in [-0.3, -0.25) is 4.79 Å². The Morgan fingerprint density at radius 1 is 1.32 bits per heavy atom. The first-order chi connectivity index (χ1) is 11.6. The van der Waals surface area contributed by atoms with Crippen molar-refractivity contribution in [2.45, 2.75) is 43.2 Å². The third kappa shape index (κ3) is 1.91. The number of aliphatic hydroxyl groups is 2. The summed E-state index contributed by atoms with van der Waals surface area (Å²) in [4.78, 5) is 25.0. The lowest BCUT2D eigenvalue weighted by Gasteiger charge is -2.48. The van der Waals surface area contributed by atoms with Crippen LogP contribution in [-0.4, -0.2) is 64.6 Å². The highest BCUT2D eigenvalue weighted by Gasteiger charge is 2.82. The topological polar surface area (TPSA) is 102 Å². The Balaban J connectivity index is 2.26. The van der Waals surface area contributed by atoms with E-state index in [0.29, 0.717) is 5.33 Å². The molecule has 1 heterocycles. The first-order valence-corrected chi connectivity index (χ1v) is 9.22. The van der Waals surface area contributed by atoms with E-state index < -0.39 is 46.2 Å². The van der Waals surface area contributed by atoms with Crippen molar-refractivity contribution < 1.29 is 34.0 Å². The smallest absolute Gasteiger partial charge is 0.341 e. The van der Waals surface area contributed by atoms with Crippen LogP contribution in [0.3, 0.4) is 0 Å². The van der Waals surface area contributed by atoms with E-state index in [0.717, 1.165) is 7.11 Å². The summed E-state index contributed by atoms with van der Waals surface area (Å²) in [6, 6.07) is 0. The van der Waals surface area contributed by atoms with E-state index >= 15 is 0 Å². The van der Waals surface area contributed by atoms with Crippen LogP contribution in [0.15, 0.2) is 12.2 Å². The van der Waals surface area contributed by atoms with Gasteiger partial charge >= 0.3 is 11.9 Å². The van der Waals surface area contributed by atoms with Gasteiger partial charge in [-0.1, -0.05) is 28.1 Å². The third-order valence-electron chi connectivity index (χ3n) is 6.49. The van der Waals surface area contributed by atoms with Crippen LogP contribution in [0, 0.1) is 17.3 Å². The summed E-state index contributed by atoms with van der Waals surface area (Å²) >= 11 is 3.44. The van der Waals surface area contributed by atoms with E-state index in [1.807, 2.05) is 6.92 Å². The summed E-state index contributed by atoms with van der Waals surface area (Å²) in [5.41, 5.74) is -5.63. The van der Waals surface area contributed by atoms with Gasteiger partial charge in [-0.05, 0) is 13.8 Å². The van der Waals surface area contributed by atoms with Gasteiger partial charge in [-0.2, -0.15) is 0 Å². The number of ether oxygens (including phenoxy) is 3. The molecule has 2 aliphatic carbocycles. The van der Waals surface area contributed by atoms with Crippen LogP contribution in [0.1, 0.15) is 20.3 Å². The molecule has 0 unspecified atom stereocenters. The monoisotopic (exact) mass is 418 g/mol. The van der Waals surface area contributed by atoms with Crippen molar-refractivity contribution >= 4 is 27.9 Å². The Hall–Kier alpha value is -0.960. The zero-order chi connectivity index (χ0) is 18.8. The highest BCUT2D eigenvalue weighted by Crippen LogP contribution is 2.68. The molecule has 1 spiro atoms. The van der Waals surface area contributed by atoms with Crippen LogP contribution in [0.4, 0.5) is 0 Å². The van der Waals surface area contributed by atoms with E-state index in [2.05, 4.69) is 15.9 Å². The van der Waals surface area contributed by atoms with Crippen LogP contribution >= 0.6 is 15.9 Å². The van der Waals surface area contributed by atoms with Gasteiger partial charge in [0.2, 0.25) is 0 Å². The maximum absolute atomic E-state index is 12.6. The Bertz CT molecular complexity index is 651. The first kappa shape index (κ1) is 18.8. The number of carbonyl (C=O) groups is 2. The van der Waals surface area contributed by atoms with Crippen LogP contribution in [0.2, 0.25) is 0 Å². The van der Waals surface area contributed by atoms with E-state index in [1.165, 1.54) is 7.11 Å². The van der Waals surface area contributed by atoms with Gasteiger partial charge < -0.3 is 24.4 Å². The molecular formula is C17H23BrO7. The molecule has 0 amide bonds. The van der Waals surface area contributed by atoms with Crippen LogP contribution in [0.25, 0.3) is 0 Å². The van der Waals surface area contributed by atoms with Gasteiger partial charge in [-0.25, -0.2) is 4.79 Å². The molecule has 7 nitrogen and oxygen atoms in total. The number of carbonyl (C=O) groups excluding carboxylic acids is 2.